The predicted molar refractivity (Wildman–Crippen MR) is 88.5 cm³/mol. The van der Waals surface area contributed by atoms with Crippen LogP contribution in [0.4, 0.5) is 11.8 Å². The number of likely N-dealkylation sites (N-methyl/N-ethyl adjacent to an activating group) is 1. The van der Waals surface area contributed by atoms with E-state index in [2.05, 4.69) is 45.7 Å². The van der Waals surface area contributed by atoms with Gasteiger partial charge in [0.25, 0.3) is 0 Å². The molecule has 1 aromatic rings. The summed E-state index contributed by atoms with van der Waals surface area (Å²) >= 11 is 0. The summed E-state index contributed by atoms with van der Waals surface area (Å²) < 4.78 is 5.66. The summed E-state index contributed by atoms with van der Waals surface area (Å²) in [4.78, 5) is 11.4. The van der Waals surface area contributed by atoms with E-state index in [-0.39, 0.29) is 0 Å². The number of hydrogen-bond donors (Lipinski definition) is 2. The van der Waals surface area contributed by atoms with Crippen molar-refractivity contribution in [1.82, 2.24) is 14.9 Å². The van der Waals surface area contributed by atoms with Crippen molar-refractivity contribution in [3.63, 3.8) is 0 Å². The zero-order chi connectivity index (χ0) is 15.4. The molecule has 0 spiro atoms. The standard InChI is InChI=1S/C16H27N5O/c1-21(2)8-7-17-16-19-14(12-5-6-12)10-15(20-16)18-11-13-4-3-9-22-13/h10,12-13H,3-9,11H2,1-2H3,(H2,17,18,19,20)/t13-/m0/s1. The first-order valence-electron chi connectivity index (χ1n) is 8.34. The minimum Gasteiger partial charge on any atom is -0.376 e. The number of rotatable bonds is 8. The molecule has 6 nitrogen and oxygen atoms in total. The Morgan fingerprint density at radius 1 is 1.23 bits per heavy atom. The zero-order valence-corrected chi connectivity index (χ0v) is 13.6. The van der Waals surface area contributed by atoms with Gasteiger partial charge in [-0.05, 0) is 39.8 Å². The van der Waals surface area contributed by atoms with Crippen LogP contribution in [0.25, 0.3) is 0 Å². The van der Waals surface area contributed by atoms with Crippen LogP contribution in [-0.4, -0.2) is 61.3 Å². The van der Waals surface area contributed by atoms with Gasteiger partial charge in [0.05, 0.1) is 11.8 Å². The first-order valence-corrected chi connectivity index (χ1v) is 8.34. The molecule has 122 valence electrons. The topological polar surface area (TPSA) is 62.3 Å². The highest BCUT2D eigenvalue weighted by molar-refractivity contribution is 5.44. The third-order valence-corrected chi connectivity index (χ3v) is 4.12. The van der Waals surface area contributed by atoms with Crippen LogP contribution in [-0.2, 0) is 4.74 Å². The van der Waals surface area contributed by atoms with Gasteiger partial charge in [-0.1, -0.05) is 0 Å². The molecule has 2 heterocycles. The maximum Gasteiger partial charge on any atom is 0.224 e. The molecule has 2 N–H and O–H groups in total. The maximum absolute atomic E-state index is 5.66. The van der Waals surface area contributed by atoms with Gasteiger partial charge < -0.3 is 20.3 Å². The summed E-state index contributed by atoms with van der Waals surface area (Å²) in [5.74, 6) is 2.28. The van der Waals surface area contributed by atoms with Crippen LogP contribution in [0.1, 0.15) is 37.3 Å². The molecule has 2 aliphatic rings. The van der Waals surface area contributed by atoms with E-state index in [0.717, 1.165) is 50.1 Å². The molecule has 3 rings (SSSR count). The molecular formula is C16H27N5O. The van der Waals surface area contributed by atoms with Gasteiger partial charge in [0, 0.05) is 38.2 Å². The molecule has 2 fully saturated rings. The Hall–Kier alpha value is -1.40. The molecule has 6 heteroatoms. The molecule has 1 aromatic heterocycles. The van der Waals surface area contributed by atoms with Crippen LogP contribution in [0.2, 0.25) is 0 Å². The van der Waals surface area contributed by atoms with Crippen molar-refractivity contribution in [3.8, 4) is 0 Å². The van der Waals surface area contributed by atoms with Crippen LogP contribution in [0.15, 0.2) is 6.07 Å². The van der Waals surface area contributed by atoms with Crippen molar-refractivity contribution < 1.29 is 4.74 Å². The molecule has 1 atom stereocenters. The highest BCUT2D eigenvalue weighted by atomic mass is 16.5. The highest BCUT2D eigenvalue weighted by Gasteiger charge is 2.26. The quantitative estimate of drug-likeness (QED) is 0.765. The number of nitrogens with one attached hydrogen (secondary N) is 2. The summed E-state index contributed by atoms with van der Waals surface area (Å²) in [5.41, 5.74) is 1.16. The van der Waals surface area contributed by atoms with E-state index in [4.69, 9.17) is 4.74 Å². The van der Waals surface area contributed by atoms with Crippen LogP contribution in [0, 0.1) is 0 Å². The van der Waals surface area contributed by atoms with E-state index < -0.39 is 0 Å². The summed E-state index contributed by atoms with van der Waals surface area (Å²) in [6.07, 6.45) is 5.13. The number of anilines is 2. The number of hydrogen-bond acceptors (Lipinski definition) is 6. The van der Waals surface area contributed by atoms with Crippen LogP contribution >= 0.6 is 0 Å². The number of aromatic nitrogens is 2. The van der Waals surface area contributed by atoms with Crippen molar-refractivity contribution in [2.45, 2.75) is 37.7 Å². The van der Waals surface area contributed by atoms with Crippen molar-refractivity contribution in [1.29, 1.82) is 0 Å². The predicted octanol–water partition coefficient (Wildman–Crippen LogP) is 1.92. The van der Waals surface area contributed by atoms with Gasteiger partial charge >= 0.3 is 0 Å². The minimum absolute atomic E-state index is 0.324. The van der Waals surface area contributed by atoms with Crippen molar-refractivity contribution in [3.05, 3.63) is 11.8 Å². The Morgan fingerprint density at radius 3 is 2.77 bits per heavy atom. The second-order valence-electron chi connectivity index (χ2n) is 6.52. The second-order valence-corrected chi connectivity index (χ2v) is 6.52. The van der Waals surface area contributed by atoms with E-state index in [0.29, 0.717) is 12.0 Å². The van der Waals surface area contributed by atoms with E-state index in [1.807, 2.05) is 0 Å². The van der Waals surface area contributed by atoms with Crippen LogP contribution < -0.4 is 10.6 Å². The van der Waals surface area contributed by atoms with Gasteiger partial charge in [0.1, 0.15) is 5.82 Å². The van der Waals surface area contributed by atoms with Crippen molar-refractivity contribution in [2.75, 3.05) is 51.0 Å². The highest BCUT2D eigenvalue weighted by Crippen LogP contribution is 2.39. The van der Waals surface area contributed by atoms with E-state index in [9.17, 15) is 0 Å². The lowest BCUT2D eigenvalue weighted by atomic mass is 10.2. The van der Waals surface area contributed by atoms with E-state index in [1.54, 1.807) is 0 Å². The molecule has 1 aliphatic heterocycles. The normalized spacial score (nSPS) is 21.3. The fraction of sp³-hybridized carbons (Fsp3) is 0.750. The maximum atomic E-state index is 5.66. The Balaban J connectivity index is 1.61. The summed E-state index contributed by atoms with van der Waals surface area (Å²) in [6, 6.07) is 2.10. The van der Waals surface area contributed by atoms with Gasteiger partial charge in [-0.2, -0.15) is 4.98 Å². The summed E-state index contributed by atoms with van der Waals surface area (Å²) in [7, 11) is 4.13. The van der Waals surface area contributed by atoms with Gasteiger partial charge in [0.15, 0.2) is 0 Å². The lowest BCUT2D eigenvalue weighted by molar-refractivity contribution is 0.120. The Labute approximate surface area is 132 Å². The summed E-state index contributed by atoms with van der Waals surface area (Å²) in [6.45, 7) is 3.54. The summed E-state index contributed by atoms with van der Waals surface area (Å²) in [5, 5.41) is 6.75. The molecule has 0 bridgehead atoms. The Kier molecular flexibility index (Phi) is 5.10. The SMILES string of the molecule is CN(C)CCNc1nc(NC[C@@H]2CCCO2)cc(C2CC2)n1. The molecule has 1 saturated heterocycles. The lowest BCUT2D eigenvalue weighted by Gasteiger charge is -2.14. The van der Waals surface area contributed by atoms with E-state index >= 15 is 0 Å². The lowest BCUT2D eigenvalue weighted by Crippen LogP contribution is -2.22. The smallest absolute Gasteiger partial charge is 0.224 e. The van der Waals surface area contributed by atoms with Crippen molar-refractivity contribution >= 4 is 11.8 Å². The van der Waals surface area contributed by atoms with E-state index in [1.165, 1.54) is 19.3 Å². The minimum atomic E-state index is 0.324. The fourth-order valence-electron chi connectivity index (χ4n) is 2.64. The number of nitrogens with zero attached hydrogens (tertiary/aromatic N) is 3. The molecule has 0 unspecified atom stereocenters. The molecule has 22 heavy (non-hydrogen) atoms. The van der Waals surface area contributed by atoms with Crippen LogP contribution in [0.3, 0.4) is 0 Å². The Bertz CT molecular complexity index is 483. The second kappa shape index (κ2) is 7.24. The third-order valence-electron chi connectivity index (χ3n) is 4.12. The monoisotopic (exact) mass is 305 g/mol. The fourth-order valence-corrected chi connectivity index (χ4v) is 2.64. The van der Waals surface area contributed by atoms with Gasteiger partial charge in [-0.15, -0.1) is 0 Å². The molecule has 0 aromatic carbocycles. The molecular weight excluding hydrogens is 278 g/mol. The van der Waals surface area contributed by atoms with Crippen LogP contribution in [0.5, 0.6) is 0 Å². The van der Waals surface area contributed by atoms with Gasteiger partial charge in [-0.3, -0.25) is 0 Å². The molecule has 1 saturated carbocycles. The molecule has 0 amide bonds. The molecule has 0 radical (unpaired) electrons. The van der Waals surface area contributed by atoms with Crippen molar-refractivity contribution in [2.24, 2.45) is 0 Å². The average Bonchev–Trinajstić information content (AvgIpc) is 3.21. The molecule has 1 aliphatic carbocycles. The number of ether oxygens (including phenoxy) is 1. The third kappa shape index (κ3) is 4.55. The first-order chi connectivity index (χ1) is 10.7. The first kappa shape index (κ1) is 15.5. The van der Waals surface area contributed by atoms with Gasteiger partial charge in [0.2, 0.25) is 5.95 Å². The largest absolute Gasteiger partial charge is 0.376 e. The average molecular weight is 305 g/mol. The van der Waals surface area contributed by atoms with Gasteiger partial charge in [-0.25, -0.2) is 4.98 Å². The Morgan fingerprint density at radius 2 is 2.09 bits per heavy atom. The zero-order valence-electron chi connectivity index (χ0n) is 13.6.